The molecule has 0 bridgehead atoms. The summed E-state index contributed by atoms with van der Waals surface area (Å²) in [5.74, 6) is 0. The van der Waals surface area contributed by atoms with Crippen molar-refractivity contribution in [1.29, 1.82) is 5.26 Å². The van der Waals surface area contributed by atoms with E-state index < -0.39 is 4.92 Å². The normalized spacial score (nSPS) is 11.9. The van der Waals surface area contributed by atoms with Gasteiger partial charge in [-0.05, 0) is 25.1 Å². The molecule has 1 heterocycles. The molecular weight excluding hydrogens is 324 g/mol. The fraction of sp³-hybridized carbons (Fsp3) is 0.176. The van der Waals surface area contributed by atoms with E-state index in [4.69, 9.17) is 0 Å². The Kier molecular flexibility index (Phi) is 4.15. The second-order valence-corrected chi connectivity index (χ2v) is 6.44. The van der Waals surface area contributed by atoms with Crippen molar-refractivity contribution in [1.82, 2.24) is 4.98 Å². The van der Waals surface area contributed by atoms with Crippen LogP contribution in [0.15, 0.2) is 42.5 Å². The van der Waals surface area contributed by atoms with Gasteiger partial charge in [-0.15, -0.1) is 11.3 Å². The molecule has 120 valence electrons. The van der Waals surface area contributed by atoms with Gasteiger partial charge in [0.1, 0.15) is 11.1 Å². The molecule has 0 aliphatic heterocycles. The van der Waals surface area contributed by atoms with Crippen LogP contribution in [-0.4, -0.2) is 17.0 Å². The molecule has 0 saturated carbocycles. The summed E-state index contributed by atoms with van der Waals surface area (Å²) in [7, 11) is 1.86. The molecule has 1 aromatic heterocycles. The van der Waals surface area contributed by atoms with Crippen molar-refractivity contribution in [2.45, 2.75) is 13.0 Å². The van der Waals surface area contributed by atoms with Crippen LogP contribution in [-0.2, 0) is 0 Å². The minimum atomic E-state index is -0.498. The summed E-state index contributed by atoms with van der Waals surface area (Å²) in [4.78, 5) is 16.9. The van der Waals surface area contributed by atoms with Gasteiger partial charge < -0.3 is 4.90 Å². The summed E-state index contributed by atoms with van der Waals surface area (Å²) in [5, 5.41) is 21.1. The molecule has 0 spiro atoms. The Morgan fingerprint density at radius 1 is 1.33 bits per heavy atom. The topological polar surface area (TPSA) is 83.1 Å². The quantitative estimate of drug-likeness (QED) is 0.524. The highest BCUT2D eigenvalue weighted by Gasteiger charge is 2.20. The Morgan fingerprint density at radius 3 is 2.75 bits per heavy atom. The third kappa shape index (κ3) is 2.79. The third-order valence-electron chi connectivity index (χ3n) is 3.94. The zero-order valence-corrected chi connectivity index (χ0v) is 13.9. The lowest BCUT2D eigenvalue weighted by atomic mass is 10.1. The van der Waals surface area contributed by atoms with Crippen molar-refractivity contribution < 1.29 is 4.92 Å². The number of benzene rings is 2. The maximum atomic E-state index is 10.9. The molecule has 0 aliphatic carbocycles. The maximum Gasteiger partial charge on any atom is 0.270 e. The molecule has 0 radical (unpaired) electrons. The van der Waals surface area contributed by atoms with Crippen LogP contribution < -0.4 is 4.90 Å². The van der Waals surface area contributed by atoms with Crippen LogP contribution in [0.2, 0.25) is 0 Å². The Labute approximate surface area is 142 Å². The lowest BCUT2D eigenvalue weighted by Crippen LogP contribution is -2.22. The molecule has 2 aromatic carbocycles. The minimum absolute atomic E-state index is 0.0593. The van der Waals surface area contributed by atoms with E-state index >= 15 is 0 Å². The molecule has 0 unspecified atom stereocenters. The van der Waals surface area contributed by atoms with Gasteiger partial charge in [-0.3, -0.25) is 10.1 Å². The summed E-state index contributed by atoms with van der Waals surface area (Å²) in [6, 6.07) is 14.2. The minimum Gasteiger partial charge on any atom is -0.364 e. The summed E-state index contributed by atoms with van der Waals surface area (Å²) in [6.45, 7) is 2.00. The number of non-ortho nitro benzene ring substituents is 1. The largest absolute Gasteiger partial charge is 0.364 e. The van der Waals surface area contributed by atoms with Crippen LogP contribution in [0.3, 0.4) is 0 Å². The van der Waals surface area contributed by atoms with Gasteiger partial charge in [0.15, 0.2) is 0 Å². The van der Waals surface area contributed by atoms with Gasteiger partial charge in [-0.25, -0.2) is 4.98 Å². The number of anilines is 1. The maximum absolute atomic E-state index is 10.9. The first-order valence-corrected chi connectivity index (χ1v) is 8.09. The molecule has 7 heteroatoms. The van der Waals surface area contributed by atoms with Crippen molar-refractivity contribution >= 4 is 32.9 Å². The molecule has 0 aliphatic rings. The fourth-order valence-electron chi connectivity index (χ4n) is 2.48. The van der Waals surface area contributed by atoms with Crippen LogP contribution in [0.1, 0.15) is 23.5 Å². The Morgan fingerprint density at radius 2 is 2.08 bits per heavy atom. The number of thiazole rings is 1. The molecule has 3 aromatic rings. The number of hydrogen-bond acceptors (Lipinski definition) is 6. The van der Waals surface area contributed by atoms with E-state index in [1.54, 1.807) is 17.4 Å². The van der Waals surface area contributed by atoms with E-state index in [0.29, 0.717) is 5.69 Å². The average Bonchev–Trinajstić information content (AvgIpc) is 3.03. The first-order chi connectivity index (χ1) is 11.5. The van der Waals surface area contributed by atoms with Gasteiger partial charge in [-0.2, -0.15) is 5.26 Å². The number of nitro benzene ring substituents is 1. The molecule has 0 saturated heterocycles. The lowest BCUT2D eigenvalue weighted by molar-refractivity contribution is -0.384. The predicted molar refractivity (Wildman–Crippen MR) is 94.2 cm³/mol. The number of nitro groups is 1. The number of nitriles is 1. The van der Waals surface area contributed by atoms with Crippen LogP contribution in [0.4, 0.5) is 11.4 Å². The highest BCUT2D eigenvalue weighted by atomic mass is 32.1. The van der Waals surface area contributed by atoms with E-state index in [0.717, 1.165) is 15.2 Å². The van der Waals surface area contributed by atoms with E-state index in [-0.39, 0.29) is 17.3 Å². The van der Waals surface area contributed by atoms with Gasteiger partial charge in [0, 0.05) is 19.2 Å². The number of hydrogen-bond donors (Lipinski definition) is 0. The summed E-state index contributed by atoms with van der Waals surface area (Å²) in [6.07, 6.45) is 0. The first kappa shape index (κ1) is 15.9. The van der Waals surface area contributed by atoms with Gasteiger partial charge >= 0.3 is 0 Å². The lowest BCUT2D eigenvalue weighted by Gasteiger charge is -2.26. The first-order valence-electron chi connectivity index (χ1n) is 7.28. The van der Waals surface area contributed by atoms with Crippen molar-refractivity contribution in [3.63, 3.8) is 0 Å². The smallest absolute Gasteiger partial charge is 0.270 e. The standard InChI is InChI=1S/C17H14N4O2S/c1-11(17-19-14-5-3-4-6-16(14)24-17)20(2)15-8-7-13(21(22)23)9-12(15)10-18/h3-9,11H,1-2H3/t11-/m0/s1. The van der Waals surface area contributed by atoms with Crippen molar-refractivity contribution in [2.75, 3.05) is 11.9 Å². The van der Waals surface area contributed by atoms with E-state index in [1.165, 1.54) is 12.1 Å². The van der Waals surface area contributed by atoms with Gasteiger partial charge in [0.05, 0.1) is 32.4 Å². The number of aromatic nitrogens is 1. The number of para-hydroxylation sites is 1. The highest BCUT2D eigenvalue weighted by molar-refractivity contribution is 7.18. The number of nitrogens with zero attached hydrogens (tertiary/aromatic N) is 4. The predicted octanol–water partition coefficient (Wildman–Crippen LogP) is 4.27. The monoisotopic (exact) mass is 338 g/mol. The molecule has 6 nitrogen and oxygen atoms in total. The van der Waals surface area contributed by atoms with Crippen LogP contribution in [0, 0.1) is 21.4 Å². The van der Waals surface area contributed by atoms with Gasteiger partial charge in [0.25, 0.3) is 5.69 Å². The number of rotatable bonds is 4. The summed E-state index contributed by atoms with van der Waals surface area (Å²) in [5.41, 5.74) is 1.79. The third-order valence-corrected chi connectivity index (χ3v) is 5.15. The van der Waals surface area contributed by atoms with Crippen LogP contribution >= 0.6 is 11.3 Å². The van der Waals surface area contributed by atoms with E-state index in [2.05, 4.69) is 4.98 Å². The van der Waals surface area contributed by atoms with E-state index in [1.807, 2.05) is 49.2 Å². The van der Waals surface area contributed by atoms with E-state index in [9.17, 15) is 15.4 Å². The summed E-state index contributed by atoms with van der Waals surface area (Å²) < 4.78 is 1.11. The molecule has 1 atom stereocenters. The van der Waals surface area contributed by atoms with Gasteiger partial charge in [-0.1, -0.05) is 12.1 Å². The van der Waals surface area contributed by atoms with Crippen molar-refractivity contribution in [3.8, 4) is 6.07 Å². The molecular formula is C17H14N4O2S. The van der Waals surface area contributed by atoms with Crippen molar-refractivity contribution in [3.05, 3.63) is 63.1 Å². The summed E-state index contributed by atoms with van der Waals surface area (Å²) >= 11 is 1.61. The van der Waals surface area contributed by atoms with Crippen molar-refractivity contribution in [2.24, 2.45) is 0 Å². The molecule has 0 fully saturated rings. The SMILES string of the molecule is C[C@@H](c1nc2ccccc2s1)N(C)c1ccc([N+](=O)[O-])cc1C#N. The zero-order valence-electron chi connectivity index (χ0n) is 13.1. The molecule has 3 rings (SSSR count). The van der Waals surface area contributed by atoms with Crippen LogP contribution in [0.25, 0.3) is 10.2 Å². The highest BCUT2D eigenvalue weighted by Crippen LogP contribution is 2.33. The Balaban J connectivity index is 1.97. The molecule has 0 amide bonds. The molecule has 0 N–H and O–H groups in total. The van der Waals surface area contributed by atoms with Crippen LogP contribution in [0.5, 0.6) is 0 Å². The average molecular weight is 338 g/mol. The zero-order chi connectivity index (χ0) is 17.3. The Bertz CT molecular complexity index is 928. The second-order valence-electron chi connectivity index (χ2n) is 5.38. The number of fused-ring (bicyclic) bond motifs is 1. The fourth-order valence-corrected chi connectivity index (χ4v) is 3.54. The van der Waals surface area contributed by atoms with Gasteiger partial charge in [0.2, 0.25) is 0 Å². The second kappa shape index (κ2) is 6.26. The Hall–Kier alpha value is -2.98. The molecule has 24 heavy (non-hydrogen) atoms.